The summed E-state index contributed by atoms with van der Waals surface area (Å²) in [5, 5.41) is 11.7. The number of rotatable bonds is 3. The Morgan fingerprint density at radius 3 is 2.67 bits per heavy atom. The number of aryl methyl sites for hydroxylation is 1. The first kappa shape index (κ1) is 12.4. The van der Waals surface area contributed by atoms with Crippen molar-refractivity contribution < 1.29 is 10.0 Å². The van der Waals surface area contributed by atoms with Crippen LogP contribution in [-0.2, 0) is 4.79 Å². The van der Waals surface area contributed by atoms with Gasteiger partial charge in [-0.3, -0.25) is 4.79 Å². The number of amidine groups is 1. The van der Waals surface area contributed by atoms with Crippen molar-refractivity contribution in [3.05, 3.63) is 29.8 Å². The molecule has 0 radical (unpaired) electrons. The lowest BCUT2D eigenvalue weighted by atomic mass is 10.0. The van der Waals surface area contributed by atoms with E-state index in [1.54, 1.807) is 11.9 Å². The summed E-state index contributed by atoms with van der Waals surface area (Å²) in [6.45, 7) is 1.97. The molecule has 1 saturated carbocycles. The lowest BCUT2D eigenvalue weighted by Crippen LogP contribution is -2.41. The van der Waals surface area contributed by atoms with Crippen LogP contribution in [0.3, 0.4) is 0 Å². The molecule has 2 rings (SSSR count). The number of nitrogens with zero attached hydrogens (tertiary/aromatic N) is 2. The summed E-state index contributed by atoms with van der Waals surface area (Å²) >= 11 is 0. The normalized spacial score (nSPS) is 17.3. The Morgan fingerprint density at radius 1 is 1.50 bits per heavy atom. The summed E-state index contributed by atoms with van der Waals surface area (Å²) in [4.78, 5) is 14.0. The number of nitrogens with two attached hydrogens (primary N) is 1. The molecule has 1 aromatic rings. The maximum Gasteiger partial charge on any atom is 0.240 e. The number of anilines is 1. The van der Waals surface area contributed by atoms with E-state index in [0.29, 0.717) is 12.8 Å². The van der Waals surface area contributed by atoms with Crippen LogP contribution in [-0.4, -0.2) is 24.0 Å². The zero-order chi connectivity index (χ0) is 13.3. The van der Waals surface area contributed by atoms with E-state index < -0.39 is 5.41 Å². The van der Waals surface area contributed by atoms with Crippen molar-refractivity contribution >= 4 is 17.4 Å². The second kappa shape index (κ2) is 4.33. The van der Waals surface area contributed by atoms with Gasteiger partial charge in [-0.2, -0.15) is 0 Å². The van der Waals surface area contributed by atoms with Crippen LogP contribution in [0.2, 0.25) is 0 Å². The summed E-state index contributed by atoms with van der Waals surface area (Å²) in [5.74, 6) is -0.115. The van der Waals surface area contributed by atoms with Crippen LogP contribution in [0.4, 0.5) is 5.69 Å². The Balaban J connectivity index is 2.25. The van der Waals surface area contributed by atoms with Crippen molar-refractivity contribution in [1.29, 1.82) is 0 Å². The molecule has 1 aliphatic rings. The van der Waals surface area contributed by atoms with Crippen LogP contribution in [0.15, 0.2) is 29.4 Å². The Kier molecular flexibility index (Phi) is 2.98. The van der Waals surface area contributed by atoms with Gasteiger partial charge in [-0.1, -0.05) is 17.3 Å². The van der Waals surface area contributed by atoms with Gasteiger partial charge in [0.05, 0.1) is 0 Å². The van der Waals surface area contributed by atoms with Crippen LogP contribution in [0.5, 0.6) is 0 Å². The number of hydrogen-bond acceptors (Lipinski definition) is 3. The molecule has 0 atom stereocenters. The Labute approximate surface area is 106 Å². The highest BCUT2D eigenvalue weighted by molar-refractivity contribution is 6.15. The highest BCUT2D eigenvalue weighted by Crippen LogP contribution is 2.47. The van der Waals surface area contributed by atoms with Crippen molar-refractivity contribution in [2.24, 2.45) is 16.3 Å². The minimum atomic E-state index is -0.798. The molecule has 0 bridgehead atoms. The average Bonchev–Trinajstić information content (AvgIpc) is 3.17. The Hall–Kier alpha value is -2.04. The fraction of sp³-hybridized carbons (Fsp3) is 0.385. The number of carbonyl (C=O) groups excluding carboxylic acids is 1. The van der Waals surface area contributed by atoms with Gasteiger partial charge in [0.25, 0.3) is 0 Å². The molecule has 5 heteroatoms. The third-order valence-corrected chi connectivity index (χ3v) is 3.45. The number of benzene rings is 1. The molecule has 0 aromatic heterocycles. The smallest absolute Gasteiger partial charge is 0.240 e. The van der Waals surface area contributed by atoms with E-state index in [1.165, 1.54) is 0 Å². The molecule has 0 unspecified atom stereocenters. The predicted octanol–water partition coefficient (Wildman–Crippen LogP) is 1.48. The number of carbonyl (C=O) groups is 1. The van der Waals surface area contributed by atoms with Gasteiger partial charge >= 0.3 is 0 Å². The Morgan fingerprint density at radius 2 is 2.17 bits per heavy atom. The summed E-state index contributed by atoms with van der Waals surface area (Å²) < 4.78 is 0. The first-order valence-corrected chi connectivity index (χ1v) is 5.84. The van der Waals surface area contributed by atoms with Gasteiger partial charge in [-0.05, 0) is 37.5 Å². The second-order valence-corrected chi connectivity index (χ2v) is 4.77. The van der Waals surface area contributed by atoms with E-state index in [2.05, 4.69) is 5.16 Å². The van der Waals surface area contributed by atoms with Crippen molar-refractivity contribution in [2.45, 2.75) is 19.8 Å². The fourth-order valence-corrected chi connectivity index (χ4v) is 2.08. The first-order valence-electron chi connectivity index (χ1n) is 5.84. The SMILES string of the molecule is Cc1cccc(N(C)C(=O)C2(/C(N)=N/O)CC2)c1. The van der Waals surface area contributed by atoms with Gasteiger partial charge < -0.3 is 15.8 Å². The predicted molar refractivity (Wildman–Crippen MR) is 69.7 cm³/mol. The van der Waals surface area contributed by atoms with Gasteiger partial charge in [0.15, 0.2) is 5.84 Å². The van der Waals surface area contributed by atoms with Gasteiger partial charge in [-0.15, -0.1) is 0 Å². The maximum atomic E-state index is 12.4. The Bertz CT molecular complexity index is 507. The van der Waals surface area contributed by atoms with E-state index in [-0.39, 0.29) is 11.7 Å². The molecule has 1 aromatic carbocycles. The van der Waals surface area contributed by atoms with E-state index in [4.69, 9.17) is 10.9 Å². The van der Waals surface area contributed by atoms with E-state index in [9.17, 15) is 4.79 Å². The molecule has 96 valence electrons. The number of hydrogen-bond donors (Lipinski definition) is 2. The number of oxime groups is 1. The van der Waals surface area contributed by atoms with Crippen LogP contribution in [0, 0.1) is 12.3 Å². The highest BCUT2D eigenvalue weighted by Gasteiger charge is 2.55. The zero-order valence-electron chi connectivity index (χ0n) is 10.6. The lowest BCUT2D eigenvalue weighted by Gasteiger charge is -2.23. The monoisotopic (exact) mass is 247 g/mol. The van der Waals surface area contributed by atoms with Crippen molar-refractivity contribution in [2.75, 3.05) is 11.9 Å². The molecule has 1 amide bonds. The van der Waals surface area contributed by atoms with E-state index in [0.717, 1.165) is 11.3 Å². The zero-order valence-corrected chi connectivity index (χ0v) is 10.6. The van der Waals surface area contributed by atoms with Crippen LogP contribution >= 0.6 is 0 Å². The van der Waals surface area contributed by atoms with Crippen LogP contribution < -0.4 is 10.6 Å². The minimum absolute atomic E-state index is 0.00648. The third-order valence-electron chi connectivity index (χ3n) is 3.45. The third kappa shape index (κ3) is 1.92. The van der Waals surface area contributed by atoms with Gasteiger partial charge in [0.1, 0.15) is 5.41 Å². The minimum Gasteiger partial charge on any atom is -0.409 e. The molecule has 0 heterocycles. The molecule has 0 spiro atoms. The molecule has 0 saturated heterocycles. The summed E-state index contributed by atoms with van der Waals surface area (Å²) in [6, 6.07) is 7.67. The quantitative estimate of drug-likeness (QED) is 0.367. The van der Waals surface area contributed by atoms with Crippen LogP contribution in [0.1, 0.15) is 18.4 Å². The maximum absolute atomic E-state index is 12.4. The van der Waals surface area contributed by atoms with Crippen LogP contribution in [0.25, 0.3) is 0 Å². The average molecular weight is 247 g/mol. The van der Waals surface area contributed by atoms with Gasteiger partial charge in [-0.25, -0.2) is 0 Å². The van der Waals surface area contributed by atoms with Gasteiger partial charge in [0, 0.05) is 12.7 Å². The highest BCUT2D eigenvalue weighted by atomic mass is 16.4. The molecule has 0 aliphatic heterocycles. The molecule has 3 N–H and O–H groups in total. The fourth-order valence-electron chi connectivity index (χ4n) is 2.08. The summed E-state index contributed by atoms with van der Waals surface area (Å²) in [7, 11) is 1.71. The van der Waals surface area contributed by atoms with Crippen molar-refractivity contribution in [1.82, 2.24) is 0 Å². The molecule has 18 heavy (non-hydrogen) atoms. The summed E-state index contributed by atoms with van der Waals surface area (Å²) in [6.07, 6.45) is 1.27. The number of amides is 1. The topological polar surface area (TPSA) is 78.9 Å². The largest absolute Gasteiger partial charge is 0.409 e. The van der Waals surface area contributed by atoms with E-state index in [1.807, 2.05) is 31.2 Å². The van der Waals surface area contributed by atoms with Crippen molar-refractivity contribution in [3.8, 4) is 0 Å². The molecule has 1 aliphatic carbocycles. The molecule has 5 nitrogen and oxygen atoms in total. The van der Waals surface area contributed by atoms with Gasteiger partial charge in [0.2, 0.25) is 5.91 Å². The summed E-state index contributed by atoms with van der Waals surface area (Å²) in [5.41, 5.74) is 6.71. The lowest BCUT2D eigenvalue weighted by molar-refractivity contribution is -0.121. The molecular formula is C13H17N3O2. The molecule has 1 fully saturated rings. The molecular weight excluding hydrogens is 230 g/mol. The first-order chi connectivity index (χ1) is 8.51. The standard InChI is InChI=1S/C13H17N3O2/c1-9-4-3-5-10(8-9)16(2)12(17)13(6-7-13)11(14)15-18/h3-5,8,18H,6-7H2,1-2H3,(H2,14,15). The van der Waals surface area contributed by atoms with Crippen molar-refractivity contribution in [3.63, 3.8) is 0 Å². The second-order valence-electron chi connectivity index (χ2n) is 4.77. The van der Waals surface area contributed by atoms with E-state index >= 15 is 0 Å².